The monoisotopic (exact) mass is 1040 g/mol. The number of thiazole rings is 1. The molecule has 1 saturated carbocycles. The van der Waals surface area contributed by atoms with Gasteiger partial charge in [0.1, 0.15) is 23.8 Å². The number of benzene rings is 2. The summed E-state index contributed by atoms with van der Waals surface area (Å²) in [5, 5.41) is 37.3. The number of rotatable bonds is 14. The number of nitrogens with zero attached hydrogens (tertiary/aromatic N) is 10. The lowest BCUT2D eigenvalue weighted by Crippen LogP contribution is -2.54. The van der Waals surface area contributed by atoms with Crippen LogP contribution in [-0.4, -0.2) is 139 Å². The molecule has 5 aliphatic rings. The molecule has 1 aliphatic carbocycles. The number of phenols is 1. The predicted molar refractivity (Wildman–Crippen MR) is 284 cm³/mol. The number of aromatic nitrogens is 5. The summed E-state index contributed by atoms with van der Waals surface area (Å²) in [4.78, 5) is 62.2. The molecule has 4 aromatic heterocycles. The van der Waals surface area contributed by atoms with E-state index < -0.39 is 18.1 Å². The van der Waals surface area contributed by atoms with E-state index >= 15 is 0 Å². The molecule has 11 rings (SSSR count). The highest BCUT2D eigenvalue weighted by molar-refractivity contribution is 7.13. The normalized spacial score (nSPS) is 23.3. The fraction of sp³-hybridized carbons (Fsp3) is 0.455. The van der Waals surface area contributed by atoms with E-state index in [0.29, 0.717) is 73.6 Å². The zero-order valence-electron chi connectivity index (χ0n) is 42.7. The molecule has 2 aromatic carbocycles. The van der Waals surface area contributed by atoms with Crippen molar-refractivity contribution in [2.75, 3.05) is 66.2 Å². The highest BCUT2D eigenvalue weighted by atomic mass is 32.1. The highest BCUT2D eigenvalue weighted by Gasteiger charge is 2.45. The van der Waals surface area contributed by atoms with Crippen molar-refractivity contribution in [1.29, 1.82) is 0 Å². The van der Waals surface area contributed by atoms with Gasteiger partial charge in [0.25, 0.3) is 0 Å². The van der Waals surface area contributed by atoms with Gasteiger partial charge in [0.2, 0.25) is 23.6 Å². The molecule has 0 spiro atoms. The summed E-state index contributed by atoms with van der Waals surface area (Å²) in [6.45, 7) is 11.5. The van der Waals surface area contributed by atoms with Crippen molar-refractivity contribution < 1.29 is 33.9 Å². The summed E-state index contributed by atoms with van der Waals surface area (Å²) in [5.41, 5.74) is 14.2. The molecule has 8 heterocycles. The largest absolute Gasteiger partial charge is 0.507 e. The maximum absolute atomic E-state index is 14.4. The number of carbonyl (C=O) groups excluding carboxylic acids is 3. The second kappa shape index (κ2) is 20.8. The van der Waals surface area contributed by atoms with Crippen LogP contribution in [0.5, 0.6) is 11.6 Å². The molecule has 2 bridgehead atoms. The number of nitrogens with two attached hydrogens (primary N) is 1. The molecule has 6 aromatic rings. The van der Waals surface area contributed by atoms with Crippen molar-refractivity contribution in [1.82, 2.24) is 40.4 Å². The van der Waals surface area contributed by atoms with Crippen LogP contribution in [0.25, 0.3) is 21.7 Å². The summed E-state index contributed by atoms with van der Waals surface area (Å²) < 4.78 is 12.3. The Hall–Kier alpha value is -7.32. The number of hydrogen-bond acceptors (Lipinski definition) is 17. The summed E-state index contributed by atoms with van der Waals surface area (Å²) >= 11 is 1.59. The van der Waals surface area contributed by atoms with Crippen molar-refractivity contribution >= 4 is 52.1 Å². The first-order chi connectivity index (χ1) is 36.3. The number of phenolic OH excluding ortho intramolecular Hbond substituents is 1. The minimum Gasteiger partial charge on any atom is -0.507 e. The zero-order valence-corrected chi connectivity index (χ0v) is 43.5. The third-order valence-electron chi connectivity index (χ3n) is 15.9. The fourth-order valence-corrected chi connectivity index (χ4v) is 12.6. The van der Waals surface area contributed by atoms with Crippen LogP contribution in [0.1, 0.15) is 81.9 Å². The van der Waals surface area contributed by atoms with Crippen LogP contribution in [0.15, 0.2) is 89.0 Å². The lowest BCUT2D eigenvalue weighted by atomic mass is 9.81. The highest BCUT2D eigenvalue weighted by Crippen LogP contribution is 2.41. The van der Waals surface area contributed by atoms with E-state index in [0.717, 1.165) is 59.0 Å². The van der Waals surface area contributed by atoms with E-state index in [2.05, 4.69) is 45.3 Å². The van der Waals surface area contributed by atoms with E-state index in [-0.39, 0.29) is 72.5 Å². The number of aliphatic hydroxyl groups is 1. The molecule has 20 heteroatoms. The maximum Gasteiger partial charge on any atom is 0.243 e. The Balaban J connectivity index is 0.653. The number of para-hydroxylation sites is 1. The van der Waals surface area contributed by atoms with Gasteiger partial charge in [-0.05, 0) is 80.8 Å². The van der Waals surface area contributed by atoms with Crippen LogP contribution in [0.3, 0.4) is 0 Å². The predicted octanol–water partition coefficient (Wildman–Crippen LogP) is 6.19. The Morgan fingerprint density at radius 2 is 1.63 bits per heavy atom. The molecular weight excluding hydrogens is 973 g/mol. The van der Waals surface area contributed by atoms with E-state index in [1.165, 1.54) is 4.90 Å². The number of likely N-dealkylation sites (tertiary alicyclic amines) is 1. The fourth-order valence-electron chi connectivity index (χ4n) is 11.8. The Kier molecular flexibility index (Phi) is 13.8. The lowest BCUT2D eigenvalue weighted by molar-refractivity contribution is -0.142. The molecule has 0 radical (unpaired) electrons. The van der Waals surface area contributed by atoms with Crippen LogP contribution in [0.4, 0.5) is 23.0 Å². The number of nitrogen functional groups attached to an aromatic ring is 1. The SMILES string of the molecule is Cc1ncsc1-c1ccc([C@H](C)NC(=O)[C@@H]2C[C@@H](O)CN2C(=O)[C@H](c2cc(N3CCN(C(=O)[C@H]4C[C@H](Oc5cc(N6C7CCC6CN(c6cc(-c8ccccc8O)nnc6N)C7)ccn5)C4)CC3)no2)C(C)C)cc1. The van der Waals surface area contributed by atoms with Gasteiger partial charge < -0.3 is 55.0 Å². The summed E-state index contributed by atoms with van der Waals surface area (Å²) in [5.74, 6) is 0.507. The number of anilines is 4. The molecule has 392 valence electrons. The van der Waals surface area contributed by atoms with Crippen molar-refractivity contribution in [2.45, 2.75) is 102 Å². The number of β-amino-alcohol motifs (C(OH)–C–C–N with tert-alkyl or cyclic N) is 1. The number of pyridine rings is 1. The number of aryl methyl sites for hydroxylation is 1. The number of piperazine rings is 2. The molecular formula is C55H64N12O7S. The number of aliphatic hydroxyl groups excluding tert-OH is 1. The minimum absolute atomic E-state index is 0.0427. The maximum atomic E-state index is 14.4. The molecule has 6 atom stereocenters. The van der Waals surface area contributed by atoms with Gasteiger partial charge >= 0.3 is 0 Å². The van der Waals surface area contributed by atoms with Gasteiger partial charge in [-0.2, -0.15) is 0 Å². The Morgan fingerprint density at radius 1 is 0.880 bits per heavy atom. The number of amides is 3. The molecule has 2 unspecified atom stereocenters. The Morgan fingerprint density at radius 3 is 2.33 bits per heavy atom. The standard InChI is InChI=1S/C55H64N12O7S/c1-31(2)50(55(72)66-29-40(68)24-45(66)53(70)59-32(3)34-9-11-35(12-10-34)51-33(4)58-30-75-51)47-26-48(62-74-47)63-17-19-64(20-18-63)54(71)36-21-41(22-36)73-49-23-37(15-16-57-49)67-38-13-14-39(67)28-65(27-38)44-25-43(60-61-52(44)56)42-7-5-6-8-46(42)69/h5-12,15-16,23,25-26,30-32,36,38-41,45,50,68-69H,13-14,17-22,24,27-29H2,1-4H3,(H2,56,61)(H,59,70)/t32-,36-,38?,39?,40+,41-,45-,50-/m0/s1. The van der Waals surface area contributed by atoms with Crippen molar-refractivity contribution in [3.8, 4) is 33.3 Å². The topological polar surface area (TPSA) is 233 Å². The zero-order chi connectivity index (χ0) is 52.1. The Bertz CT molecular complexity index is 3030. The second-order valence-corrected chi connectivity index (χ2v) is 22.0. The summed E-state index contributed by atoms with van der Waals surface area (Å²) in [6.07, 6.45) is 4.29. The lowest BCUT2D eigenvalue weighted by Gasteiger charge is -2.43. The first-order valence-corrected chi connectivity index (χ1v) is 27.0. The Labute approximate surface area is 439 Å². The smallest absolute Gasteiger partial charge is 0.243 e. The molecule has 75 heavy (non-hydrogen) atoms. The average molecular weight is 1040 g/mol. The van der Waals surface area contributed by atoms with Gasteiger partial charge in [-0.25, -0.2) is 9.97 Å². The first-order valence-electron chi connectivity index (χ1n) is 26.1. The molecule has 5 fully saturated rings. The molecule has 4 saturated heterocycles. The van der Waals surface area contributed by atoms with Crippen molar-refractivity contribution in [3.05, 3.63) is 102 Å². The van der Waals surface area contributed by atoms with Gasteiger partial charge in [0, 0.05) is 99.8 Å². The minimum atomic E-state index is -0.843. The number of fused-ring (bicyclic) bond motifs is 2. The summed E-state index contributed by atoms with van der Waals surface area (Å²) in [7, 11) is 0. The van der Waals surface area contributed by atoms with Crippen molar-refractivity contribution in [2.24, 2.45) is 11.8 Å². The van der Waals surface area contributed by atoms with Crippen LogP contribution in [0.2, 0.25) is 0 Å². The van der Waals surface area contributed by atoms with Gasteiger partial charge in [0.15, 0.2) is 17.4 Å². The number of aromatic hydroxyl groups is 1. The quantitative estimate of drug-likeness (QED) is 0.0953. The van der Waals surface area contributed by atoms with Crippen LogP contribution in [-0.2, 0) is 14.4 Å². The number of carbonyl (C=O) groups is 3. The molecule has 4 aliphatic heterocycles. The van der Waals surface area contributed by atoms with Crippen LogP contribution >= 0.6 is 11.3 Å². The number of hydrogen-bond donors (Lipinski definition) is 4. The summed E-state index contributed by atoms with van der Waals surface area (Å²) in [6, 6.07) is 22.2. The van der Waals surface area contributed by atoms with E-state index in [1.807, 2.05) is 92.7 Å². The molecule has 3 amide bonds. The van der Waals surface area contributed by atoms with Crippen molar-refractivity contribution in [3.63, 3.8) is 0 Å². The van der Waals surface area contributed by atoms with Gasteiger partial charge in [-0.3, -0.25) is 14.4 Å². The first kappa shape index (κ1) is 49.9. The number of nitrogens with one attached hydrogen (secondary N) is 1. The van der Waals surface area contributed by atoms with Gasteiger partial charge in [0.05, 0.1) is 39.6 Å². The third-order valence-corrected chi connectivity index (χ3v) is 16.8. The van der Waals surface area contributed by atoms with Crippen LogP contribution in [0, 0.1) is 18.8 Å². The molecule has 19 nitrogen and oxygen atoms in total. The van der Waals surface area contributed by atoms with Gasteiger partial charge in [-0.1, -0.05) is 55.4 Å². The second-order valence-electron chi connectivity index (χ2n) is 21.1. The van der Waals surface area contributed by atoms with E-state index in [4.69, 9.17) is 15.0 Å². The van der Waals surface area contributed by atoms with E-state index in [1.54, 1.807) is 35.7 Å². The van der Waals surface area contributed by atoms with Gasteiger partial charge in [-0.15, -0.1) is 21.5 Å². The average Bonchev–Trinajstić information content (AvgIpc) is 4.21. The number of ether oxygens (including phenoxy) is 1. The van der Waals surface area contributed by atoms with Crippen LogP contribution < -0.4 is 30.5 Å². The molecule has 5 N–H and O–H groups in total. The van der Waals surface area contributed by atoms with E-state index in [9.17, 15) is 24.6 Å². The third kappa shape index (κ3) is 10.0.